The molecule has 116 valence electrons. The molecule has 0 spiro atoms. The average molecular weight is 299 g/mol. The van der Waals surface area contributed by atoms with Crippen molar-refractivity contribution in [3.63, 3.8) is 0 Å². The normalized spacial score (nSPS) is 14.9. The summed E-state index contributed by atoms with van der Waals surface area (Å²) in [6, 6.07) is 9.66. The number of carbonyl (C=O) groups excluding carboxylic acids is 1. The van der Waals surface area contributed by atoms with Crippen LogP contribution in [0.4, 0.5) is 11.4 Å². The van der Waals surface area contributed by atoms with Crippen LogP contribution in [0.5, 0.6) is 0 Å². The molecule has 1 aliphatic heterocycles. The molecule has 0 unspecified atom stereocenters. The summed E-state index contributed by atoms with van der Waals surface area (Å²) in [5.41, 5.74) is 2.34. The van der Waals surface area contributed by atoms with Gasteiger partial charge in [0.05, 0.1) is 11.4 Å². The van der Waals surface area contributed by atoms with Gasteiger partial charge in [-0.2, -0.15) is 5.10 Å². The van der Waals surface area contributed by atoms with Crippen LogP contribution in [0.2, 0.25) is 0 Å². The lowest BCUT2D eigenvalue weighted by atomic mass is 10.2. The van der Waals surface area contributed by atoms with E-state index < -0.39 is 0 Å². The van der Waals surface area contributed by atoms with Crippen LogP contribution >= 0.6 is 0 Å². The summed E-state index contributed by atoms with van der Waals surface area (Å²) in [6.45, 7) is 6.56. The van der Waals surface area contributed by atoms with Crippen LogP contribution < -0.4 is 15.5 Å². The van der Waals surface area contributed by atoms with Crippen LogP contribution in [-0.2, 0) is 6.54 Å². The molecule has 0 radical (unpaired) electrons. The Morgan fingerprint density at radius 3 is 2.77 bits per heavy atom. The van der Waals surface area contributed by atoms with Crippen molar-refractivity contribution >= 4 is 17.3 Å². The van der Waals surface area contributed by atoms with E-state index in [0.29, 0.717) is 5.69 Å². The first-order valence-corrected chi connectivity index (χ1v) is 7.67. The maximum atomic E-state index is 12.4. The van der Waals surface area contributed by atoms with E-state index in [2.05, 4.69) is 20.6 Å². The Balaban J connectivity index is 1.78. The van der Waals surface area contributed by atoms with Crippen LogP contribution in [0.15, 0.2) is 36.5 Å². The molecule has 0 atom stereocenters. The van der Waals surface area contributed by atoms with Crippen molar-refractivity contribution in [3.05, 3.63) is 42.2 Å². The second kappa shape index (κ2) is 6.62. The molecule has 1 aromatic heterocycles. The Morgan fingerprint density at radius 1 is 1.27 bits per heavy atom. The van der Waals surface area contributed by atoms with Gasteiger partial charge in [-0.05, 0) is 25.1 Å². The summed E-state index contributed by atoms with van der Waals surface area (Å²) < 4.78 is 1.75. The molecule has 1 fully saturated rings. The molecule has 6 heteroatoms. The number of anilines is 2. The number of aromatic nitrogens is 2. The highest BCUT2D eigenvalue weighted by Gasteiger charge is 2.16. The molecule has 3 rings (SSSR count). The zero-order valence-electron chi connectivity index (χ0n) is 12.7. The Kier molecular flexibility index (Phi) is 4.39. The van der Waals surface area contributed by atoms with E-state index in [9.17, 15) is 4.79 Å². The van der Waals surface area contributed by atoms with E-state index >= 15 is 0 Å². The van der Waals surface area contributed by atoms with Crippen molar-refractivity contribution in [2.45, 2.75) is 13.5 Å². The monoisotopic (exact) mass is 299 g/mol. The van der Waals surface area contributed by atoms with Crippen LogP contribution in [0.1, 0.15) is 17.4 Å². The largest absolute Gasteiger partial charge is 0.367 e. The molecule has 0 aliphatic carbocycles. The van der Waals surface area contributed by atoms with E-state index in [-0.39, 0.29) is 5.91 Å². The first-order valence-electron chi connectivity index (χ1n) is 7.67. The van der Waals surface area contributed by atoms with E-state index in [4.69, 9.17) is 0 Å². The zero-order valence-corrected chi connectivity index (χ0v) is 12.7. The Bertz CT molecular complexity index is 645. The first kappa shape index (κ1) is 14.6. The van der Waals surface area contributed by atoms with Gasteiger partial charge in [0.2, 0.25) is 0 Å². The second-order valence-electron chi connectivity index (χ2n) is 5.26. The summed E-state index contributed by atoms with van der Waals surface area (Å²) in [6.07, 6.45) is 1.82. The molecular weight excluding hydrogens is 278 g/mol. The number of hydrogen-bond acceptors (Lipinski definition) is 4. The number of aryl methyl sites for hydroxylation is 1. The van der Waals surface area contributed by atoms with Gasteiger partial charge in [-0.3, -0.25) is 9.48 Å². The Labute approximate surface area is 130 Å². The Hall–Kier alpha value is -2.34. The molecule has 2 N–H and O–H groups in total. The van der Waals surface area contributed by atoms with Crippen molar-refractivity contribution in [1.82, 2.24) is 15.1 Å². The van der Waals surface area contributed by atoms with Crippen LogP contribution in [-0.4, -0.2) is 41.9 Å². The summed E-state index contributed by atoms with van der Waals surface area (Å²) in [5.74, 6) is -0.171. The molecule has 22 heavy (non-hydrogen) atoms. The maximum absolute atomic E-state index is 12.4. The summed E-state index contributed by atoms with van der Waals surface area (Å²) in [4.78, 5) is 14.6. The minimum Gasteiger partial charge on any atom is -0.367 e. The number of amides is 1. The van der Waals surface area contributed by atoms with Crippen molar-refractivity contribution in [1.29, 1.82) is 0 Å². The molecule has 2 heterocycles. The van der Waals surface area contributed by atoms with Gasteiger partial charge in [-0.15, -0.1) is 0 Å². The van der Waals surface area contributed by atoms with E-state index in [1.807, 2.05) is 37.4 Å². The fraction of sp³-hybridized carbons (Fsp3) is 0.375. The smallest absolute Gasteiger partial charge is 0.276 e. The van der Waals surface area contributed by atoms with Crippen molar-refractivity contribution in [3.8, 4) is 0 Å². The minimum absolute atomic E-state index is 0.171. The van der Waals surface area contributed by atoms with Gasteiger partial charge in [0.1, 0.15) is 0 Å². The number of rotatable bonds is 4. The third-order valence-corrected chi connectivity index (χ3v) is 3.81. The van der Waals surface area contributed by atoms with Crippen molar-refractivity contribution < 1.29 is 4.79 Å². The average Bonchev–Trinajstić information content (AvgIpc) is 3.05. The van der Waals surface area contributed by atoms with Crippen molar-refractivity contribution in [2.75, 3.05) is 36.4 Å². The summed E-state index contributed by atoms with van der Waals surface area (Å²) >= 11 is 0. The predicted octanol–water partition coefficient (Wildman–Crippen LogP) is 1.56. The molecule has 1 amide bonds. The van der Waals surface area contributed by atoms with E-state index in [1.54, 1.807) is 10.7 Å². The van der Waals surface area contributed by atoms with E-state index in [0.717, 1.165) is 44.1 Å². The van der Waals surface area contributed by atoms with Crippen LogP contribution in [0.3, 0.4) is 0 Å². The minimum atomic E-state index is -0.171. The highest BCUT2D eigenvalue weighted by atomic mass is 16.2. The van der Waals surface area contributed by atoms with Gasteiger partial charge in [-0.25, -0.2) is 0 Å². The maximum Gasteiger partial charge on any atom is 0.276 e. The van der Waals surface area contributed by atoms with Gasteiger partial charge in [0, 0.05) is 38.9 Å². The number of benzene rings is 1. The third kappa shape index (κ3) is 3.12. The quantitative estimate of drug-likeness (QED) is 0.899. The lowest BCUT2D eigenvalue weighted by molar-refractivity contribution is 0.102. The summed E-state index contributed by atoms with van der Waals surface area (Å²) in [5, 5.41) is 10.6. The SMILES string of the molecule is CCn1ccc(C(=O)Nc2ccccc2N2CCNCC2)n1. The third-order valence-electron chi connectivity index (χ3n) is 3.81. The number of para-hydroxylation sites is 2. The molecule has 0 bridgehead atoms. The number of piperazine rings is 1. The van der Waals surface area contributed by atoms with Crippen LogP contribution in [0, 0.1) is 0 Å². The van der Waals surface area contributed by atoms with Gasteiger partial charge in [-0.1, -0.05) is 12.1 Å². The second-order valence-corrected chi connectivity index (χ2v) is 5.26. The first-order chi connectivity index (χ1) is 10.8. The lowest BCUT2D eigenvalue weighted by Crippen LogP contribution is -2.43. The summed E-state index contributed by atoms with van der Waals surface area (Å²) in [7, 11) is 0. The lowest BCUT2D eigenvalue weighted by Gasteiger charge is -2.31. The number of nitrogens with one attached hydrogen (secondary N) is 2. The molecule has 0 saturated carbocycles. The van der Waals surface area contributed by atoms with Crippen molar-refractivity contribution in [2.24, 2.45) is 0 Å². The van der Waals surface area contributed by atoms with E-state index in [1.165, 1.54) is 0 Å². The molecule has 1 aliphatic rings. The highest BCUT2D eigenvalue weighted by molar-refractivity contribution is 6.04. The van der Waals surface area contributed by atoms with Gasteiger partial charge in [0.25, 0.3) is 5.91 Å². The Morgan fingerprint density at radius 2 is 2.05 bits per heavy atom. The number of carbonyl (C=O) groups is 1. The molecule has 6 nitrogen and oxygen atoms in total. The number of hydrogen-bond donors (Lipinski definition) is 2. The fourth-order valence-electron chi connectivity index (χ4n) is 2.61. The molecular formula is C16H21N5O. The fourth-order valence-corrected chi connectivity index (χ4v) is 2.61. The molecule has 1 aromatic carbocycles. The number of nitrogens with zero attached hydrogens (tertiary/aromatic N) is 3. The standard InChI is InChI=1S/C16H21N5O/c1-2-21-10-7-14(19-21)16(22)18-13-5-3-4-6-15(13)20-11-8-17-9-12-20/h3-7,10,17H,2,8-9,11-12H2,1H3,(H,18,22). The van der Waals surface area contributed by atoms with Gasteiger partial charge in [0.15, 0.2) is 5.69 Å². The highest BCUT2D eigenvalue weighted by Crippen LogP contribution is 2.26. The van der Waals surface area contributed by atoms with Gasteiger partial charge < -0.3 is 15.5 Å². The van der Waals surface area contributed by atoms with Crippen LogP contribution in [0.25, 0.3) is 0 Å². The molecule has 2 aromatic rings. The molecule has 1 saturated heterocycles. The van der Waals surface area contributed by atoms with Gasteiger partial charge >= 0.3 is 0 Å². The zero-order chi connectivity index (χ0) is 15.4. The predicted molar refractivity (Wildman–Crippen MR) is 87.4 cm³/mol. The topological polar surface area (TPSA) is 62.2 Å².